The quantitative estimate of drug-likeness (QED) is 0.847. The molecule has 0 amide bonds. The van der Waals surface area contributed by atoms with Gasteiger partial charge in [0.2, 0.25) is 5.89 Å². The van der Waals surface area contributed by atoms with Crippen LogP contribution in [0.25, 0.3) is 0 Å². The molecule has 2 N–H and O–H groups in total. The first kappa shape index (κ1) is 12.8. The molecular formula is C14H19N3O. The van der Waals surface area contributed by atoms with Gasteiger partial charge < -0.3 is 10.3 Å². The van der Waals surface area contributed by atoms with Gasteiger partial charge >= 0.3 is 0 Å². The highest BCUT2D eigenvalue weighted by molar-refractivity contribution is 5.18. The molecule has 0 fully saturated rings. The van der Waals surface area contributed by atoms with Gasteiger partial charge in [-0.15, -0.1) is 0 Å². The van der Waals surface area contributed by atoms with Gasteiger partial charge in [-0.25, -0.2) is 0 Å². The fraction of sp³-hybridized carbons (Fsp3) is 0.429. The molecular weight excluding hydrogens is 226 g/mol. The van der Waals surface area contributed by atoms with Crippen LogP contribution in [0.15, 0.2) is 34.9 Å². The first-order valence-electron chi connectivity index (χ1n) is 6.37. The number of nitrogens with two attached hydrogens (primary N) is 1. The Kier molecular flexibility index (Phi) is 4.47. The lowest BCUT2D eigenvalue weighted by Crippen LogP contribution is -2.16. The maximum Gasteiger partial charge on any atom is 0.226 e. The topological polar surface area (TPSA) is 64.9 Å². The van der Waals surface area contributed by atoms with Gasteiger partial charge in [0, 0.05) is 12.8 Å². The van der Waals surface area contributed by atoms with E-state index in [0.717, 1.165) is 18.7 Å². The molecule has 1 aromatic carbocycles. The summed E-state index contributed by atoms with van der Waals surface area (Å²) in [4.78, 5) is 4.41. The second-order valence-corrected chi connectivity index (χ2v) is 4.48. The van der Waals surface area contributed by atoms with Crippen molar-refractivity contribution < 1.29 is 4.52 Å². The molecule has 0 spiro atoms. The van der Waals surface area contributed by atoms with E-state index in [1.54, 1.807) is 0 Å². The minimum absolute atomic E-state index is 0.426. The summed E-state index contributed by atoms with van der Waals surface area (Å²) in [5, 5.41) is 4.01. The van der Waals surface area contributed by atoms with E-state index in [1.165, 1.54) is 5.56 Å². The first-order valence-corrected chi connectivity index (χ1v) is 6.37. The molecule has 18 heavy (non-hydrogen) atoms. The van der Waals surface area contributed by atoms with Crippen LogP contribution in [0.3, 0.4) is 0 Å². The van der Waals surface area contributed by atoms with Crippen LogP contribution in [-0.4, -0.2) is 16.7 Å². The van der Waals surface area contributed by atoms with E-state index in [1.807, 2.05) is 18.2 Å². The summed E-state index contributed by atoms with van der Waals surface area (Å²) in [6, 6.07) is 10.1. The fourth-order valence-electron chi connectivity index (χ4n) is 1.86. The summed E-state index contributed by atoms with van der Waals surface area (Å²) in [6.45, 7) is 2.78. The van der Waals surface area contributed by atoms with Crippen LogP contribution >= 0.6 is 0 Å². The maximum absolute atomic E-state index is 5.67. The Morgan fingerprint density at radius 2 is 2.06 bits per heavy atom. The van der Waals surface area contributed by atoms with E-state index in [2.05, 4.69) is 29.2 Å². The molecule has 4 nitrogen and oxygen atoms in total. The number of nitrogens with zero attached hydrogens (tertiary/aromatic N) is 2. The van der Waals surface area contributed by atoms with Crippen LogP contribution in [-0.2, 0) is 12.8 Å². The summed E-state index contributed by atoms with van der Waals surface area (Å²) < 4.78 is 5.25. The monoisotopic (exact) mass is 245 g/mol. The van der Waals surface area contributed by atoms with Crippen LogP contribution < -0.4 is 5.73 Å². The third-order valence-electron chi connectivity index (χ3n) is 3.09. The Morgan fingerprint density at radius 3 is 2.72 bits per heavy atom. The van der Waals surface area contributed by atoms with Crippen molar-refractivity contribution in [3.05, 3.63) is 47.6 Å². The van der Waals surface area contributed by atoms with Crippen LogP contribution in [0, 0.1) is 5.92 Å². The predicted octanol–water partition coefficient (Wildman–Crippen LogP) is 2.19. The van der Waals surface area contributed by atoms with Crippen LogP contribution in [0.2, 0.25) is 0 Å². The van der Waals surface area contributed by atoms with Gasteiger partial charge in [-0.3, -0.25) is 0 Å². The maximum atomic E-state index is 5.67. The molecule has 96 valence electrons. The highest BCUT2D eigenvalue weighted by Crippen LogP contribution is 2.11. The second kappa shape index (κ2) is 6.31. The molecule has 0 saturated heterocycles. The Balaban J connectivity index is 1.98. The van der Waals surface area contributed by atoms with Crippen molar-refractivity contribution in [3.63, 3.8) is 0 Å². The van der Waals surface area contributed by atoms with Crippen molar-refractivity contribution in [1.29, 1.82) is 0 Å². The van der Waals surface area contributed by atoms with Gasteiger partial charge in [0.25, 0.3) is 0 Å². The van der Waals surface area contributed by atoms with Gasteiger partial charge in [-0.2, -0.15) is 4.98 Å². The smallest absolute Gasteiger partial charge is 0.226 e. The zero-order valence-corrected chi connectivity index (χ0v) is 10.7. The van der Waals surface area contributed by atoms with Gasteiger partial charge in [0.15, 0.2) is 5.82 Å². The molecule has 0 radical (unpaired) electrons. The average Bonchev–Trinajstić information content (AvgIpc) is 2.84. The lowest BCUT2D eigenvalue weighted by molar-refractivity contribution is 0.347. The summed E-state index contributed by atoms with van der Waals surface area (Å²) in [6.07, 6.45) is 2.52. The number of hydrogen-bond donors (Lipinski definition) is 1. The zero-order chi connectivity index (χ0) is 12.8. The molecule has 0 bridgehead atoms. The summed E-state index contributed by atoms with van der Waals surface area (Å²) in [5.41, 5.74) is 6.86. The predicted molar refractivity (Wildman–Crippen MR) is 70.1 cm³/mol. The highest BCUT2D eigenvalue weighted by atomic mass is 16.5. The fourth-order valence-corrected chi connectivity index (χ4v) is 1.86. The molecule has 0 aliphatic carbocycles. The van der Waals surface area contributed by atoms with E-state index < -0.39 is 0 Å². The molecule has 2 aromatic rings. The van der Waals surface area contributed by atoms with Gasteiger partial charge in [0.1, 0.15) is 0 Å². The van der Waals surface area contributed by atoms with E-state index in [9.17, 15) is 0 Å². The van der Waals surface area contributed by atoms with Crippen molar-refractivity contribution in [1.82, 2.24) is 10.1 Å². The number of rotatable bonds is 6. The SMILES string of the molecule is CCC(CN)Cc1nc(Cc2ccccc2)no1. The summed E-state index contributed by atoms with van der Waals surface area (Å²) in [5.74, 6) is 1.86. The largest absolute Gasteiger partial charge is 0.339 e. The first-order chi connectivity index (χ1) is 8.81. The van der Waals surface area contributed by atoms with E-state index >= 15 is 0 Å². The van der Waals surface area contributed by atoms with E-state index in [4.69, 9.17) is 10.3 Å². The Labute approximate surface area is 107 Å². The van der Waals surface area contributed by atoms with Crippen molar-refractivity contribution in [2.45, 2.75) is 26.2 Å². The minimum Gasteiger partial charge on any atom is -0.339 e. The molecule has 1 atom stereocenters. The van der Waals surface area contributed by atoms with Gasteiger partial charge in [-0.1, -0.05) is 48.8 Å². The third kappa shape index (κ3) is 3.40. The van der Waals surface area contributed by atoms with Gasteiger partial charge in [0.05, 0.1) is 0 Å². The lowest BCUT2D eigenvalue weighted by Gasteiger charge is -2.07. The van der Waals surface area contributed by atoms with Crippen LogP contribution in [0.4, 0.5) is 0 Å². The van der Waals surface area contributed by atoms with Gasteiger partial charge in [-0.05, 0) is 18.0 Å². The minimum atomic E-state index is 0.426. The Hall–Kier alpha value is -1.68. The van der Waals surface area contributed by atoms with Crippen LogP contribution in [0.1, 0.15) is 30.6 Å². The van der Waals surface area contributed by atoms with Crippen molar-refractivity contribution in [2.24, 2.45) is 11.7 Å². The molecule has 0 aliphatic heterocycles. The molecule has 0 saturated carbocycles. The molecule has 0 aliphatic rings. The molecule has 2 rings (SSSR count). The van der Waals surface area contributed by atoms with E-state index in [-0.39, 0.29) is 0 Å². The Bertz CT molecular complexity index is 463. The molecule has 4 heteroatoms. The van der Waals surface area contributed by atoms with Crippen LogP contribution in [0.5, 0.6) is 0 Å². The van der Waals surface area contributed by atoms with Crippen molar-refractivity contribution in [3.8, 4) is 0 Å². The number of hydrogen-bond acceptors (Lipinski definition) is 4. The van der Waals surface area contributed by atoms with E-state index in [0.29, 0.717) is 24.8 Å². The molecule has 1 unspecified atom stereocenters. The standard InChI is InChI=1S/C14H19N3O/c1-2-11(10-15)9-14-16-13(17-18-14)8-12-6-4-3-5-7-12/h3-7,11H,2,8-10,15H2,1H3. The number of aromatic nitrogens is 2. The Morgan fingerprint density at radius 1 is 1.28 bits per heavy atom. The molecule has 1 aromatic heterocycles. The normalized spacial score (nSPS) is 12.6. The zero-order valence-electron chi connectivity index (χ0n) is 10.7. The third-order valence-corrected chi connectivity index (χ3v) is 3.09. The highest BCUT2D eigenvalue weighted by Gasteiger charge is 2.12. The second-order valence-electron chi connectivity index (χ2n) is 4.48. The number of benzene rings is 1. The lowest BCUT2D eigenvalue weighted by atomic mass is 10.0. The summed E-state index contributed by atoms with van der Waals surface area (Å²) in [7, 11) is 0. The van der Waals surface area contributed by atoms with Crippen molar-refractivity contribution >= 4 is 0 Å². The summed E-state index contributed by atoms with van der Waals surface area (Å²) >= 11 is 0. The molecule has 1 heterocycles. The van der Waals surface area contributed by atoms with Crippen molar-refractivity contribution in [2.75, 3.05) is 6.54 Å². The average molecular weight is 245 g/mol.